The number of hydrogen-bond donors (Lipinski definition) is 1. The second kappa shape index (κ2) is 7.79. The first-order valence-electron chi connectivity index (χ1n) is 8.97. The van der Waals surface area contributed by atoms with Crippen LogP contribution < -0.4 is 15.6 Å². The number of benzene rings is 1. The topological polar surface area (TPSA) is 123 Å². The zero-order valence-electron chi connectivity index (χ0n) is 15.4. The fourth-order valence-corrected chi connectivity index (χ4v) is 3.37. The minimum Gasteiger partial charge on any atom is -0.454 e. The number of hydrogen-bond acceptors (Lipinski definition) is 7. The van der Waals surface area contributed by atoms with Gasteiger partial charge in [-0.25, -0.2) is 19.0 Å². The smallest absolute Gasteiger partial charge is 0.275 e. The molecule has 1 aliphatic rings. The lowest BCUT2D eigenvalue weighted by Gasteiger charge is -2.35. The molecule has 0 saturated heterocycles. The van der Waals surface area contributed by atoms with Crippen molar-refractivity contribution in [2.45, 2.75) is 31.4 Å². The first-order valence-corrected chi connectivity index (χ1v) is 9.76. The zero-order valence-corrected chi connectivity index (χ0v) is 17.0. The highest BCUT2D eigenvalue weighted by molar-refractivity contribution is 9.10. The SMILES string of the molecule is N#CC1(Oc2nn(CC(=O)Nc3ncc(F)cn3)c(=O)c3ccc(Br)cc23)CCC1. The van der Waals surface area contributed by atoms with Crippen molar-refractivity contribution in [3.63, 3.8) is 0 Å². The van der Waals surface area contributed by atoms with Gasteiger partial charge in [0.1, 0.15) is 12.6 Å². The van der Waals surface area contributed by atoms with Crippen LogP contribution in [0.25, 0.3) is 10.8 Å². The van der Waals surface area contributed by atoms with Gasteiger partial charge in [0.15, 0.2) is 11.4 Å². The van der Waals surface area contributed by atoms with Gasteiger partial charge >= 0.3 is 0 Å². The lowest BCUT2D eigenvalue weighted by molar-refractivity contribution is -0.117. The second-order valence-electron chi connectivity index (χ2n) is 6.79. The highest BCUT2D eigenvalue weighted by Crippen LogP contribution is 2.37. The van der Waals surface area contributed by atoms with E-state index >= 15 is 0 Å². The van der Waals surface area contributed by atoms with E-state index < -0.39 is 29.4 Å². The Morgan fingerprint density at radius 2 is 2.07 bits per heavy atom. The molecular weight excluding hydrogens is 459 g/mol. The maximum absolute atomic E-state index is 12.9. The van der Waals surface area contributed by atoms with E-state index in [4.69, 9.17) is 4.74 Å². The predicted molar refractivity (Wildman–Crippen MR) is 107 cm³/mol. The fraction of sp³-hybridized carbons (Fsp3) is 0.263. The summed E-state index contributed by atoms with van der Waals surface area (Å²) in [5.41, 5.74) is -1.49. The Labute approximate surface area is 177 Å². The summed E-state index contributed by atoms with van der Waals surface area (Å²) in [6.45, 7) is -0.443. The molecule has 1 aliphatic carbocycles. The number of nitrogens with one attached hydrogen (secondary N) is 1. The number of aromatic nitrogens is 4. The quantitative estimate of drug-likeness (QED) is 0.604. The Morgan fingerprint density at radius 3 is 2.70 bits per heavy atom. The van der Waals surface area contributed by atoms with Gasteiger partial charge in [0, 0.05) is 17.3 Å². The van der Waals surface area contributed by atoms with Crippen LogP contribution in [0.1, 0.15) is 19.3 Å². The molecule has 2 heterocycles. The molecule has 1 amide bonds. The summed E-state index contributed by atoms with van der Waals surface area (Å²) < 4.78 is 20.5. The minimum absolute atomic E-state index is 0.0954. The Hall–Kier alpha value is -3.39. The van der Waals surface area contributed by atoms with Crippen molar-refractivity contribution in [1.29, 1.82) is 5.26 Å². The summed E-state index contributed by atoms with van der Waals surface area (Å²) >= 11 is 3.36. The first-order chi connectivity index (χ1) is 14.4. The normalized spacial score (nSPS) is 14.6. The summed E-state index contributed by atoms with van der Waals surface area (Å²) in [5.74, 6) is -1.28. The van der Waals surface area contributed by atoms with E-state index in [0.717, 1.165) is 23.5 Å². The number of halogens is 2. The van der Waals surface area contributed by atoms with Crippen LogP contribution in [0.2, 0.25) is 0 Å². The van der Waals surface area contributed by atoms with E-state index in [1.807, 2.05) is 0 Å². The molecule has 3 aromatic rings. The van der Waals surface area contributed by atoms with Crippen molar-refractivity contribution in [2.24, 2.45) is 0 Å². The van der Waals surface area contributed by atoms with Crippen molar-refractivity contribution in [2.75, 3.05) is 5.32 Å². The number of nitriles is 1. The molecule has 2 aromatic heterocycles. The Balaban J connectivity index is 1.69. The molecule has 0 atom stereocenters. The summed E-state index contributed by atoms with van der Waals surface area (Å²) in [6, 6.07) is 7.13. The van der Waals surface area contributed by atoms with Crippen LogP contribution in [-0.2, 0) is 11.3 Å². The minimum atomic E-state index is -0.991. The predicted octanol–water partition coefficient (Wildman–Crippen LogP) is 2.55. The average Bonchev–Trinajstić information content (AvgIpc) is 2.69. The van der Waals surface area contributed by atoms with Crippen molar-refractivity contribution < 1.29 is 13.9 Å². The van der Waals surface area contributed by atoms with E-state index in [1.54, 1.807) is 18.2 Å². The number of amides is 1. The average molecular weight is 473 g/mol. The molecular formula is C19H14BrFN6O3. The van der Waals surface area contributed by atoms with Crippen LogP contribution in [0.3, 0.4) is 0 Å². The van der Waals surface area contributed by atoms with Crippen LogP contribution in [0.5, 0.6) is 5.88 Å². The second-order valence-corrected chi connectivity index (χ2v) is 7.71. The third-order valence-electron chi connectivity index (χ3n) is 4.71. The summed E-state index contributed by atoms with van der Waals surface area (Å²) in [4.78, 5) is 32.5. The van der Waals surface area contributed by atoms with E-state index in [2.05, 4.69) is 42.4 Å². The maximum atomic E-state index is 12.9. The summed E-state index contributed by atoms with van der Waals surface area (Å²) in [5, 5.41) is 16.8. The molecule has 0 aliphatic heterocycles. The van der Waals surface area contributed by atoms with Gasteiger partial charge in [0.05, 0.1) is 23.2 Å². The van der Waals surface area contributed by atoms with E-state index in [9.17, 15) is 19.2 Å². The van der Waals surface area contributed by atoms with Gasteiger partial charge in [0.2, 0.25) is 17.7 Å². The largest absolute Gasteiger partial charge is 0.454 e. The molecule has 30 heavy (non-hydrogen) atoms. The highest BCUT2D eigenvalue weighted by Gasteiger charge is 2.40. The van der Waals surface area contributed by atoms with Crippen molar-refractivity contribution in [3.8, 4) is 11.9 Å². The number of carbonyl (C=O) groups is 1. The van der Waals surface area contributed by atoms with Crippen LogP contribution in [0, 0.1) is 17.1 Å². The molecule has 0 spiro atoms. The Kier molecular flexibility index (Phi) is 5.17. The maximum Gasteiger partial charge on any atom is 0.275 e. The fourth-order valence-electron chi connectivity index (χ4n) is 3.01. The molecule has 0 unspecified atom stereocenters. The molecule has 0 radical (unpaired) electrons. The van der Waals surface area contributed by atoms with Crippen molar-refractivity contribution in [1.82, 2.24) is 19.7 Å². The number of nitrogens with zero attached hydrogens (tertiary/aromatic N) is 5. The standard InChI is InChI=1S/C19H14BrFN6O3/c20-11-2-3-13-14(6-11)16(30-19(10-22)4-1-5-19)26-27(17(13)29)9-15(28)25-18-23-7-12(21)8-24-18/h2-3,6-8H,1,4-5,9H2,(H,23,24,25,28). The lowest BCUT2D eigenvalue weighted by Crippen LogP contribution is -2.42. The number of fused-ring (bicyclic) bond motifs is 1. The molecule has 9 nitrogen and oxygen atoms in total. The van der Waals surface area contributed by atoms with E-state index in [1.165, 1.54) is 0 Å². The van der Waals surface area contributed by atoms with Gasteiger partial charge in [-0.3, -0.25) is 14.9 Å². The highest BCUT2D eigenvalue weighted by atomic mass is 79.9. The van der Waals surface area contributed by atoms with Crippen LogP contribution in [-0.4, -0.2) is 31.3 Å². The van der Waals surface area contributed by atoms with Crippen LogP contribution in [0.4, 0.5) is 10.3 Å². The number of carbonyl (C=O) groups excluding carboxylic acids is 1. The summed E-state index contributed by atoms with van der Waals surface area (Å²) in [7, 11) is 0. The third kappa shape index (κ3) is 3.86. The molecule has 152 valence electrons. The van der Waals surface area contributed by atoms with Gasteiger partial charge in [-0.2, -0.15) is 5.26 Å². The van der Waals surface area contributed by atoms with E-state index in [-0.39, 0.29) is 11.8 Å². The number of ether oxygens (including phenoxy) is 1. The Morgan fingerprint density at radius 1 is 1.33 bits per heavy atom. The van der Waals surface area contributed by atoms with E-state index in [0.29, 0.717) is 28.1 Å². The molecule has 1 fully saturated rings. The monoisotopic (exact) mass is 472 g/mol. The van der Waals surface area contributed by atoms with Gasteiger partial charge < -0.3 is 4.74 Å². The third-order valence-corrected chi connectivity index (χ3v) is 5.20. The van der Waals surface area contributed by atoms with Gasteiger partial charge in [-0.05, 0) is 24.6 Å². The van der Waals surface area contributed by atoms with Gasteiger partial charge in [-0.15, -0.1) is 5.10 Å². The first kappa shape index (κ1) is 19.9. The molecule has 1 saturated carbocycles. The zero-order chi connectivity index (χ0) is 21.3. The Bertz CT molecular complexity index is 1230. The van der Waals surface area contributed by atoms with Gasteiger partial charge in [-0.1, -0.05) is 15.9 Å². The number of rotatable bonds is 5. The summed E-state index contributed by atoms with van der Waals surface area (Å²) in [6.07, 6.45) is 3.79. The van der Waals surface area contributed by atoms with Crippen LogP contribution in [0.15, 0.2) is 39.9 Å². The molecule has 4 rings (SSSR count). The molecule has 1 aromatic carbocycles. The van der Waals surface area contributed by atoms with Crippen molar-refractivity contribution in [3.05, 3.63) is 51.2 Å². The van der Waals surface area contributed by atoms with Crippen molar-refractivity contribution >= 4 is 38.6 Å². The van der Waals surface area contributed by atoms with Crippen LogP contribution >= 0.6 is 15.9 Å². The molecule has 1 N–H and O–H groups in total. The van der Waals surface area contributed by atoms with Gasteiger partial charge in [0.25, 0.3) is 5.56 Å². The number of anilines is 1. The lowest BCUT2D eigenvalue weighted by atomic mass is 9.81. The molecule has 0 bridgehead atoms. The molecule has 11 heteroatoms.